The molecule has 2 heterocycles. The number of likely N-dealkylation sites (N-methyl/N-ethyl adjacent to an activating group) is 1. The van der Waals surface area contributed by atoms with Crippen LogP contribution in [0.25, 0.3) is 0 Å². The van der Waals surface area contributed by atoms with Crippen LogP contribution >= 0.6 is 0 Å². The molecule has 5 heteroatoms. The van der Waals surface area contributed by atoms with Crippen LogP contribution in [0.1, 0.15) is 12.0 Å². The molecule has 0 amide bonds. The maximum atomic E-state index is 11.4. The molecule has 1 unspecified atom stereocenters. The van der Waals surface area contributed by atoms with Crippen LogP contribution in [0, 0.1) is 0 Å². The SMILES string of the molecule is CN1CCN(C(CCc2ccncc2)C(=O)O)CC1. The van der Waals surface area contributed by atoms with E-state index in [2.05, 4.69) is 21.8 Å². The molecule has 104 valence electrons. The summed E-state index contributed by atoms with van der Waals surface area (Å²) in [5, 5.41) is 9.40. The highest BCUT2D eigenvalue weighted by Gasteiger charge is 2.27. The van der Waals surface area contributed by atoms with E-state index in [0.29, 0.717) is 6.42 Å². The number of hydrogen-bond donors (Lipinski definition) is 1. The summed E-state index contributed by atoms with van der Waals surface area (Å²) in [6.07, 6.45) is 4.94. The summed E-state index contributed by atoms with van der Waals surface area (Å²) < 4.78 is 0. The first-order valence-electron chi connectivity index (χ1n) is 6.71. The fourth-order valence-electron chi connectivity index (χ4n) is 2.45. The van der Waals surface area contributed by atoms with Crippen molar-refractivity contribution in [1.29, 1.82) is 0 Å². The number of nitrogens with zero attached hydrogens (tertiary/aromatic N) is 3. The third-order valence-electron chi connectivity index (χ3n) is 3.72. The van der Waals surface area contributed by atoms with E-state index in [-0.39, 0.29) is 6.04 Å². The van der Waals surface area contributed by atoms with E-state index in [9.17, 15) is 9.90 Å². The summed E-state index contributed by atoms with van der Waals surface area (Å²) in [5.74, 6) is -0.710. The van der Waals surface area contributed by atoms with Gasteiger partial charge in [-0.25, -0.2) is 0 Å². The summed E-state index contributed by atoms with van der Waals surface area (Å²) in [6, 6.07) is 3.52. The van der Waals surface area contributed by atoms with Crippen LogP contribution < -0.4 is 0 Å². The molecule has 1 N–H and O–H groups in total. The molecule has 1 fully saturated rings. The maximum absolute atomic E-state index is 11.4. The van der Waals surface area contributed by atoms with Gasteiger partial charge in [-0.3, -0.25) is 14.7 Å². The van der Waals surface area contributed by atoms with Crippen LogP contribution in [-0.2, 0) is 11.2 Å². The fraction of sp³-hybridized carbons (Fsp3) is 0.571. The Morgan fingerprint density at radius 2 is 1.95 bits per heavy atom. The Kier molecular flexibility index (Phi) is 4.87. The molecule has 1 aromatic heterocycles. The molecule has 5 nitrogen and oxygen atoms in total. The number of rotatable bonds is 5. The Bertz CT molecular complexity index is 402. The minimum Gasteiger partial charge on any atom is -0.480 e. The van der Waals surface area contributed by atoms with Gasteiger partial charge in [0.2, 0.25) is 0 Å². The van der Waals surface area contributed by atoms with Gasteiger partial charge in [-0.1, -0.05) is 0 Å². The lowest BCUT2D eigenvalue weighted by molar-refractivity contribution is -0.144. The highest BCUT2D eigenvalue weighted by Crippen LogP contribution is 2.12. The minimum atomic E-state index is -0.710. The van der Waals surface area contributed by atoms with Crippen LogP contribution in [0.15, 0.2) is 24.5 Å². The smallest absolute Gasteiger partial charge is 0.320 e. The van der Waals surface area contributed by atoms with Crippen molar-refractivity contribution < 1.29 is 9.90 Å². The molecular weight excluding hydrogens is 242 g/mol. The van der Waals surface area contributed by atoms with E-state index < -0.39 is 5.97 Å². The van der Waals surface area contributed by atoms with Gasteiger partial charge >= 0.3 is 5.97 Å². The molecule has 0 aromatic carbocycles. The Labute approximate surface area is 113 Å². The largest absolute Gasteiger partial charge is 0.480 e. The van der Waals surface area contributed by atoms with Gasteiger partial charge in [-0.05, 0) is 37.6 Å². The zero-order chi connectivity index (χ0) is 13.7. The molecule has 19 heavy (non-hydrogen) atoms. The first kappa shape index (κ1) is 14.0. The first-order valence-corrected chi connectivity index (χ1v) is 6.71. The molecule has 1 atom stereocenters. The van der Waals surface area contributed by atoms with Gasteiger partial charge in [-0.15, -0.1) is 0 Å². The lowest BCUT2D eigenvalue weighted by Gasteiger charge is -2.36. The first-order chi connectivity index (χ1) is 9.16. The van der Waals surface area contributed by atoms with Crippen molar-refractivity contribution in [2.24, 2.45) is 0 Å². The molecule has 1 aliphatic rings. The molecule has 1 aliphatic heterocycles. The predicted octanol–water partition coefficient (Wildman–Crippen LogP) is 0.715. The van der Waals surface area contributed by atoms with Crippen LogP contribution in [0.2, 0.25) is 0 Å². The second kappa shape index (κ2) is 6.63. The van der Waals surface area contributed by atoms with Crippen molar-refractivity contribution in [2.75, 3.05) is 33.2 Å². The van der Waals surface area contributed by atoms with E-state index in [1.54, 1.807) is 12.4 Å². The van der Waals surface area contributed by atoms with Crippen LogP contribution in [0.3, 0.4) is 0 Å². The van der Waals surface area contributed by atoms with Gasteiger partial charge in [-0.2, -0.15) is 0 Å². The Balaban J connectivity index is 1.91. The number of hydrogen-bond acceptors (Lipinski definition) is 4. The summed E-state index contributed by atoms with van der Waals surface area (Å²) in [5.41, 5.74) is 1.15. The Morgan fingerprint density at radius 3 is 2.53 bits per heavy atom. The standard InChI is InChI=1S/C14H21N3O2/c1-16-8-10-17(11-9-16)13(14(18)19)3-2-12-4-6-15-7-5-12/h4-7,13H,2-3,8-11H2,1H3,(H,18,19). The second-order valence-corrected chi connectivity index (χ2v) is 5.09. The van der Waals surface area contributed by atoms with Crippen molar-refractivity contribution in [3.05, 3.63) is 30.1 Å². The molecule has 0 radical (unpaired) electrons. The van der Waals surface area contributed by atoms with Gasteiger partial charge in [0.1, 0.15) is 6.04 Å². The lowest BCUT2D eigenvalue weighted by atomic mass is 10.0. The number of aliphatic carboxylic acids is 1. The number of carboxylic acid groups (broad SMARTS) is 1. The molecule has 0 spiro atoms. The summed E-state index contributed by atoms with van der Waals surface area (Å²) >= 11 is 0. The average Bonchev–Trinajstić information content (AvgIpc) is 2.42. The quantitative estimate of drug-likeness (QED) is 0.848. The highest BCUT2D eigenvalue weighted by atomic mass is 16.4. The van der Waals surface area contributed by atoms with Crippen LogP contribution in [0.4, 0.5) is 0 Å². The summed E-state index contributed by atoms with van der Waals surface area (Å²) in [4.78, 5) is 19.7. The van der Waals surface area contributed by atoms with Crippen molar-refractivity contribution >= 4 is 5.97 Å². The van der Waals surface area contributed by atoms with Gasteiger partial charge in [0.15, 0.2) is 0 Å². The van der Waals surface area contributed by atoms with Crippen molar-refractivity contribution in [3.63, 3.8) is 0 Å². The maximum Gasteiger partial charge on any atom is 0.320 e. The average molecular weight is 263 g/mol. The number of carbonyl (C=O) groups is 1. The van der Waals surface area contributed by atoms with E-state index in [4.69, 9.17) is 0 Å². The molecule has 1 aromatic rings. The normalized spacial score (nSPS) is 19.2. The minimum absolute atomic E-state index is 0.373. The number of piperazine rings is 1. The van der Waals surface area contributed by atoms with Gasteiger partial charge in [0.25, 0.3) is 0 Å². The third kappa shape index (κ3) is 4.01. The van der Waals surface area contributed by atoms with E-state index >= 15 is 0 Å². The molecule has 0 bridgehead atoms. The van der Waals surface area contributed by atoms with Crippen LogP contribution in [0.5, 0.6) is 0 Å². The topological polar surface area (TPSA) is 56.7 Å². The zero-order valence-corrected chi connectivity index (χ0v) is 11.3. The number of aryl methyl sites for hydroxylation is 1. The monoisotopic (exact) mass is 263 g/mol. The fourth-order valence-corrected chi connectivity index (χ4v) is 2.45. The van der Waals surface area contributed by atoms with E-state index in [0.717, 1.165) is 38.2 Å². The Morgan fingerprint density at radius 1 is 1.32 bits per heavy atom. The number of aromatic nitrogens is 1. The van der Waals surface area contributed by atoms with E-state index in [1.165, 1.54) is 0 Å². The van der Waals surface area contributed by atoms with Gasteiger partial charge in [0, 0.05) is 38.6 Å². The number of pyridine rings is 1. The second-order valence-electron chi connectivity index (χ2n) is 5.09. The summed E-state index contributed by atoms with van der Waals surface area (Å²) in [7, 11) is 2.07. The zero-order valence-electron chi connectivity index (χ0n) is 11.3. The van der Waals surface area contributed by atoms with Crippen molar-refractivity contribution in [1.82, 2.24) is 14.8 Å². The molecular formula is C14H21N3O2. The Hall–Kier alpha value is -1.46. The van der Waals surface area contributed by atoms with Crippen molar-refractivity contribution in [3.8, 4) is 0 Å². The van der Waals surface area contributed by atoms with E-state index in [1.807, 2.05) is 12.1 Å². The van der Waals surface area contributed by atoms with Crippen molar-refractivity contribution in [2.45, 2.75) is 18.9 Å². The van der Waals surface area contributed by atoms with Gasteiger partial charge in [0.05, 0.1) is 0 Å². The lowest BCUT2D eigenvalue weighted by Crippen LogP contribution is -2.51. The van der Waals surface area contributed by atoms with Gasteiger partial charge < -0.3 is 10.0 Å². The number of carboxylic acids is 1. The predicted molar refractivity (Wildman–Crippen MR) is 73.1 cm³/mol. The summed E-state index contributed by atoms with van der Waals surface area (Å²) in [6.45, 7) is 3.56. The third-order valence-corrected chi connectivity index (χ3v) is 3.72. The molecule has 1 saturated heterocycles. The van der Waals surface area contributed by atoms with Crippen LogP contribution in [-0.4, -0.2) is 65.1 Å². The molecule has 0 aliphatic carbocycles. The molecule has 0 saturated carbocycles. The highest BCUT2D eigenvalue weighted by molar-refractivity contribution is 5.73. The molecule has 2 rings (SSSR count).